The molecular formula is C17H25NO2. The molecule has 110 valence electrons. The van der Waals surface area contributed by atoms with Crippen LogP contribution in [0.25, 0.3) is 0 Å². The van der Waals surface area contributed by atoms with E-state index >= 15 is 0 Å². The molecule has 2 rings (SSSR count). The summed E-state index contributed by atoms with van der Waals surface area (Å²) in [5, 5.41) is 0. The van der Waals surface area contributed by atoms with Crippen molar-refractivity contribution in [3.63, 3.8) is 0 Å². The average molecular weight is 275 g/mol. The van der Waals surface area contributed by atoms with Crippen LogP contribution in [-0.4, -0.2) is 18.7 Å². The molecule has 3 heteroatoms. The zero-order valence-electron chi connectivity index (χ0n) is 12.4. The van der Waals surface area contributed by atoms with Gasteiger partial charge in [-0.3, -0.25) is 4.90 Å². The van der Waals surface area contributed by atoms with Crippen molar-refractivity contribution >= 4 is 11.8 Å². The number of para-hydroxylation sites is 1. The molecule has 1 amide bonds. The van der Waals surface area contributed by atoms with Crippen LogP contribution in [0.1, 0.15) is 51.9 Å². The Morgan fingerprint density at radius 3 is 2.55 bits per heavy atom. The fourth-order valence-electron chi connectivity index (χ4n) is 2.64. The van der Waals surface area contributed by atoms with Gasteiger partial charge < -0.3 is 4.74 Å². The van der Waals surface area contributed by atoms with Gasteiger partial charge in [-0.1, -0.05) is 57.2 Å². The van der Waals surface area contributed by atoms with Crippen molar-refractivity contribution in [2.45, 2.75) is 58.0 Å². The Kier molecular flexibility index (Phi) is 5.90. The third-order valence-electron chi connectivity index (χ3n) is 3.82. The smallest absolute Gasteiger partial charge is 0.414 e. The molecule has 0 spiro atoms. The molecule has 1 aromatic carbocycles. The highest BCUT2D eigenvalue weighted by Crippen LogP contribution is 2.23. The largest absolute Gasteiger partial charge is 0.444 e. The molecule has 20 heavy (non-hydrogen) atoms. The van der Waals surface area contributed by atoms with Gasteiger partial charge >= 0.3 is 6.09 Å². The van der Waals surface area contributed by atoms with E-state index in [0.29, 0.717) is 6.54 Å². The lowest BCUT2D eigenvalue weighted by Gasteiger charge is -2.12. The number of hydrogen-bond donors (Lipinski definition) is 0. The Bertz CT molecular complexity index is 405. The number of rotatable bonds is 8. The van der Waals surface area contributed by atoms with Gasteiger partial charge in [-0.15, -0.1) is 0 Å². The maximum atomic E-state index is 11.9. The number of benzene rings is 1. The Hall–Kier alpha value is -1.51. The molecule has 0 aliphatic carbocycles. The van der Waals surface area contributed by atoms with Crippen LogP contribution in [0.2, 0.25) is 0 Å². The zero-order chi connectivity index (χ0) is 14.2. The molecule has 1 aromatic rings. The second-order valence-electron chi connectivity index (χ2n) is 5.51. The fraction of sp³-hybridized carbons (Fsp3) is 0.588. The summed E-state index contributed by atoms with van der Waals surface area (Å²) in [6.07, 6.45) is 8.51. The normalized spacial score (nSPS) is 18.4. The van der Waals surface area contributed by atoms with Gasteiger partial charge in [-0.2, -0.15) is 0 Å². The third kappa shape index (κ3) is 4.26. The molecule has 3 nitrogen and oxygen atoms in total. The van der Waals surface area contributed by atoms with E-state index in [1.807, 2.05) is 30.3 Å². The maximum Gasteiger partial charge on any atom is 0.414 e. The highest BCUT2D eigenvalue weighted by molar-refractivity contribution is 5.89. The molecule has 1 unspecified atom stereocenters. The predicted octanol–water partition coefficient (Wildman–Crippen LogP) is 4.76. The third-order valence-corrected chi connectivity index (χ3v) is 3.82. The molecule has 1 atom stereocenters. The number of cyclic esters (lactones) is 1. The molecule has 1 heterocycles. The highest BCUT2D eigenvalue weighted by Gasteiger charge is 2.31. The predicted molar refractivity (Wildman–Crippen MR) is 82.1 cm³/mol. The quantitative estimate of drug-likeness (QED) is 0.640. The van der Waals surface area contributed by atoms with Gasteiger partial charge in [-0.05, 0) is 25.0 Å². The van der Waals surface area contributed by atoms with E-state index in [1.165, 1.54) is 32.1 Å². The average Bonchev–Trinajstić information content (AvgIpc) is 2.85. The van der Waals surface area contributed by atoms with Crippen LogP contribution < -0.4 is 4.90 Å². The Labute approximate surface area is 121 Å². The van der Waals surface area contributed by atoms with E-state index in [-0.39, 0.29) is 12.2 Å². The first-order valence-corrected chi connectivity index (χ1v) is 7.84. The van der Waals surface area contributed by atoms with E-state index in [4.69, 9.17) is 4.74 Å². The summed E-state index contributed by atoms with van der Waals surface area (Å²) in [7, 11) is 0. The lowest BCUT2D eigenvalue weighted by molar-refractivity contribution is 0.135. The molecule has 0 N–H and O–H groups in total. The van der Waals surface area contributed by atoms with Crippen molar-refractivity contribution in [3.05, 3.63) is 30.3 Å². The second kappa shape index (κ2) is 7.93. The number of unbranched alkanes of at least 4 members (excludes halogenated alkanes) is 5. The Balaban J connectivity index is 1.70. The SMILES string of the molecule is CCCCCCCCC1CN(c2ccccc2)C(=O)O1. The lowest BCUT2D eigenvalue weighted by atomic mass is 10.1. The summed E-state index contributed by atoms with van der Waals surface area (Å²) in [6, 6.07) is 9.76. The van der Waals surface area contributed by atoms with Gasteiger partial charge in [0.15, 0.2) is 0 Å². The van der Waals surface area contributed by atoms with Crippen LogP contribution >= 0.6 is 0 Å². The maximum absolute atomic E-state index is 11.9. The van der Waals surface area contributed by atoms with E-state index < -0.39 is 0 Å². The van der Waals surface area contributed by atoms with E-state index in [2.05, 4.69) is 6.92 Å². The number of hydrogen-bond acceptors (Lipinski definition) is 2. The minimum Gasteiger partial charge on any atom is -0.444 e. The molecule has 0 radical (unpaired) electrons. The van der Waals surface area contributed by atoms with Gasteiger partial charge in [0.05, 0.1) is 6.54 Å². The van der Waals surface area contributed by atoms with Crippen molar-refractivity contribution in [1.29, 1.82) is 0 Å². The summed E-state index contributed by atoms with van der Waals surface area (Å²) in [5.74, 6) is 0. The van der Waals surface area contributed by atoms with Crippen LogP contribution in [0.15, 0.2) is 30.3 Å². The number of ether oxygens (including phenoxy) is 1. The second-order valence-corrected chi connectivity index (χ2v) is 5.51. The van der Waals surface area contributed by atoms with E-state index in [0.717, 1.165) is 18.5 Å². The minimum atomic E-state index is -0.202. The molecule has 1 aliphatic rings. The molecule has 1 aliphatic heterocycles. The number of carbonyl (C=O) groups is 1. The molecule has 0 aromatic heterocycles. The van der Waals surface area contributed by atoms with Crippen LogP contribution in [-0.2, 0) is 4.74 Å². The van der Waals surface area contributed by atoms with Crippen molar-refractivity contribution in [2.75, 3.05) is 11.4 Å². The van der Waals surface area contributed by atoms with Gasteiger partial charge in [-0.25, -0.2) is 4.79 Å². The molecule has 1 fully saturated rings. The number of amides is 1. The molecule has 1 saturated heterocycles. The van der Waals surface area contributed by atoms with Crippen LogP contribution in [0.3, 0.4) is 0 Å². The summed E-state index contributed by atoms with van der Waals surface area (Å²) in [5.41, 5.74) is 0.933. The lowest BCUT2D eigenvalue weighted by Crippen LogP contribution is -2.24. The first kappa shape index (κ1) is 14.9. The fourth-order valence-corrected chi connectivity index (χ4v) is 2.64. The van der Waals surface area contributed by atoms with Crippen molar-refractivity contribution < 1.29 is 9.53 Å². The molecule has 0 bridgehead atoms. The van der Waals surface area contributed by atoms with E-state index in [9.17, 15) is 4.79 Å². The van der Waals surface area contributed by atoms with Gasteiger partial charge in [0.2, 0.25) is 0 Å². The Morgan fingerprint density at radius 1 is 1.10 bits per heavy atom. The first-order chi connectivity index (χ1) is 9.81. The summed E-state index contributed by atoms with van der Waals surface area (Å²) in [6.45, 7) is 2.92. The molecule has 0 saturated carbocycles. The van der Waals surface area contributed by atoms with E-state index in [1.54, 1.807) is 4.90 Å². The first-order valence-electron chi connectivity index (χ1n) is 7.84. The summed E-state index contributed by atoms with van der Waals surface area (Å²) >= 11 is 0. The summed E-state index contributed by atoms with van der Waals surface area (Å²) < 4.78 is 5.44. The van der Waals surface area contributed by atoms with Crippen LogP contribution in [0.4, 0.5) is 10.5 Å². The van der Waals surface area contributed by atoms with Gasteiger partial charge in [0.1, 0.15) is 6.10 Å². The van der Waals surface area contributed by atoms with Gasteiger partial charge in [0.25, 0.3) is 0 Å². The minimum absolute atomic E-state index is 0.0638. The number of anilines is 1. The number of nitrogens with zero attached hydrogens (tertiary/aromatic N) is 1. The van der Waals surface area contributed by atoms with Crippen LogP contribution in [0, 0.1) is 0 Å². The Morgan fingerprint density at radius 2 is 1.80 bits per heavy atom. The standard InChI is InChI=1S/C17H25NO2/c1-2-3-4-5-6-10-13-16-14-18(17(19)20-16)15-11-8-7-9-12-15/h7-9,11-12,16H,2-6,10,13-14H2,1H3. The van der Waals surface area contributed by atoms with Gasteiger partial charge in [0, 0.05) is 5.69 Å². The highest BCUT2D eigenvalue weighted by atomic mass is 16.6. The van der Waals surface area contributed by atoms with Crippen molar-refractivity contribution in [2.24, 2.45) is 0 Å². The van der Waals surface area contributed by atoms with Crippen molar-refractivity contribution in [3.8, 4) is 0 Å². The number of carbonyl (C=O) groups excluding carboxylic acids is 1. The summed E-state index contributed by atoms with van der Waals surface area (Å²) in [4.78, 5) is 13.6. The molecular weight excluding hydrogens is 250 g/mol. The van der Waals surface area contributed by atoms with Crippen LogP contribution in [0.5, 0.6) is 0 Å². The topological polar surface area (TPSA) is 29.5 Å². The monoisotopic (exact) mass is 275 g/mol. The van der Waals surface area contributed by atoms with Crippen molar-refractivity contribution in [1.82, 2.24) is 0 Å². The zero-order valence-corrected chi connectivity index (χ0v) is 12.4.